The Kier molecular flexibility index (Phi) is 6.23. The van der Waals surface area contributed by atoms with E-state index in [-0.39, 0.29) is 5.91 Å². The zero-order valence-electron chi connectivity index (χ0n) is 15.0. The summed E-state index contributed by atoms with van der Waals surface area (Å²) in [5.41, 5.74) is 2.15. The van der Waals surface area contributed by atoms with Gasteiger partial charge in [-0.05, 0) is 56.5 Å². The summed E-state index contributed by atoms with van der Waals surface area (Å²) in [4.78, 5) is 14.9. The number of carbonyl (C=O) groups is 1. The van der Waals surface area contributed by atoms with Crippen LogP contribution in [0.3, 0.4) is 0 Å². The Balaban J connectivity index is 1.58. The molecule has 25 heavy (non-hydrogen) atoms. The van der Waals surface area contributed by atoms with Gasteiger partial charge in [-0.3, -0.25) is 4.79 Å². The van der Waals surface area contributed by atoms with Crippen LogP contribution in [-0.4, -0.2) is 46.3 Å². The lowest BCUT2D eigenvalue weighted by molar-refractivity contribution is -0.134. The topological polar surface area (TPSA) is 50.2 Å². The fraction of sp³-hybridized carbons (Fsp3) is 0.500. The largest absolute Gasteiger partial charge is 0.340 e. The second-order valence-electron chi connectivity index (χ2n) is 6.70. The van der Waals surface area contributed by atoms with Crippen molar-refractivity contribution >= 4 is 5.91 Å². The minimum Gasteiger partial charge on any atom is -0.340 e. The molecule has 5 heteroatoms. The van der Waals surface area contributed by atoms with Gasteiger partial charge in [0.2, 0.25) is 5.91 Å². The molecule has 0 spiro atoms. The van der Waals surface area contributed by atoms with Gasteiger partial charge in [0.1, 0.15) is 0 Å². The lowest BCUT2D eigenvalue weighted by Crippen LogP contribution is -2.46. The van der Waals surface area contributed by atoms with Crippen molar-refractivity contribution in [2.75, 3.05) is 19.6 Å². The summed E-state index contributed by atoms with van der Waals surface area (Å²) < 4.78 is 1.87. The SMILES string of the molecule is CCCN(C(=O)CCc1cnn(-c2ccccc2)c1)C1CCNCC1. The lowest BCUT2D eigenvalue weighted by Gasteiger charge is -2.34. The quantitative estimate of drug-likeness (QED) is 0.843. The first-order chi connectivity index (χ1) is 12.3. The number of hydrogen-bond donors (Lipinski definition) is 1. The normalized spacial score (nSPS) is 15.2. The fourth-order valence-corrected chi connectivity index (χ4v) is 3.48. The van der Waals surface area contributed by atoms with Gasteiger partial charge in [-0.1, -0.05) is 25.1 Å². The first-order valence-corrected chi connectivity index (χ1v) is 9.37. The third-order valence-electron chi connectivity index (χ3n) is 4.82. The maximum Gasteiger partial charge on any atom is 0.223 e. The number of aromatic nitrogens is 2. The van der Waals surface area contributed by atoms with Gasteiger partial charge in [-0.15, -0.1) is 0 Å². The average Bonchev–Trinajstić information content (AvgIpc) is 3.15. The molecule has 1 amide bonds. The molecule has 134 valence electrons. The Morgan fingerprint density at radius 1 is 1.28 bits per heavy atom. The monoisotopic (exact) mass is 340 g/mol. The number of para-hydroxylation sites is 1. The lowest BCUT2D eigenvalue weighted by atomic mass is 10.0. The molecule has 5 nitrogen and oxygen atoms in total. The molecule has 1 N–H and O–H groups in total. The second-order valence-corrected chi connectivity index (χ2v) is 6.70. The smallest absolute Gasteiger partial charge is 0.223 e. The van der Waals surface area contributed by atoms with Gasteiger partial charge in [-0.25, -0.2) is 4.68 Å². The van der Waals surface area contributed by atoms with Crippen LogP contribution in [0.25, 0.3) is 5.69 Å². The summed E-state index contributed by atoms with van der Waals surface area (Å²) in [5.74, 6) is 0.279. The molecule has 2 heterocycles. The van der Waals surface area contributed by atoms with Crippen LogP contribution in [0.15, 0.2) is 42.7 Å². The molecule has 1 aliphatic rings. The van der Waals surface area contributed by atoms with Gasteiger partial charge in [0.05, 0.1) is 11.9 Å². The van der Waals surface area contributed by atoms with Crippen LogP contribution in [-0.2, 0) is 11.2 Å². The van der Waals surface area contributed by atoms with Gasteiger partial charge in [0.15, 0.2) is 0 Å². The summed E-state index contributed by atoms with van der Waals surface area (Å²) in [6.45, 7) is 5.04. The molecule has 3 rings (SSSR count). The third kappa shape index (κ3) is 4.69. The number of rotatable bonds is 7. The van der Waals surface area contributed by atoms with Gasteiger partial charge in [0.25, 0.3) is 0 Å². The van der Waals surface area contributed by atoms with Crippen LogP contribution in [0, 0.1) is 0 Å². The number of aryl methyl sites for hydroxylation is 1. The number of nitrogens with zero attached hydrogens (tertiary/aromatic N) is 3. The fourth-order valence-electron chi connectivity index (χ4n) is 3.48. The zero-order chi connectivity index (χ0) is 17.5. The van der Waals surface area contributed by atoms with Crippen LogP contribution < -0.4 is 5.32 Å². The second kappa shape index (κ2) is 8.81. The van der Waals surface area contributed by atoms with Gasteiger partial charge >= 0.3 is 0 Å². The van der Waals surface area contributed by atoms with Crippen LogP contribution in [0.1, 0.15) is 38.2 Å². The molecule has 1 fully saturated rings. The highest BCUT2D eigenvalue weighted by Gasteiger charge is 2.24. The minimum atomic E-state index is 0.279. The van der Waals surface area contributed by atoms with E-state index in [1.54, 1.807) is 0 Å². The van der Waals surface area contributed by atoms with E-state index >= 15 is 0 Å². The van der Waals surface area contributed by atoms with Crippen molar-refractivity contribution < 1.29 is 4.79 Å². The van der Waals surface area contributed by atoms with Gasteiger partial charge in [-0.2, -0.15) is 5.10 Å². The Hall–Kier alpha value is -2.14. The van der Waals surface area contributed by atoms with E-state index in [0.717, 1.165) is 56.6 Å². The number of amides is 1. The molecule has 0 bridgehead atoms. The first-order valence-electron chi connectivity index (χ1n) is 9.37. The van der Waals surface area contributed by atoms with Crippen molar-refractivity contribution in [3.05, 3.63) is 48.3 Å². The summed E-state index contributed by atoms with van der Waals surface area (Å²) >= 11 is 0. The molecular weight excluding hydrogens is 312 g/mol. The Bertz CT molecular complexity index is 661. The molecule has 1 saturated heterocycles. The van der Waals surface area contributed by atoms with Crippen molar-refractivity contribution in [3.8, 4) is 5.69 Å². The Morgan fingerprint density at radius 3 is 2.76 bits per heavy atom. The summed E-state index contributed by atoms with van der Waals surface area (Å²) in [7, 11) is 0. The molecule has 0 unspecified atom stereocenters. The average molecular weight is 340 g/mol. The molecule has 2 aromatic rings. The highest BCUT2D eigenvalue weighted by Crippen LogP contribution is 2.15. The third-order valence-corrected chi connectivity index (χ3v) is 4.82. The van der Waals surface area contributed by atoms with Crippen molar-refractivity contribution in [1.29, 1.82) is 0 Å². The van der Waals surface area contributed by atoms with Gasteiger partial charge in [0, 0.05) is 25.2 Å². The first kappa shape index (κ1) is 17.7. The van der Waals surface area contributed by atoms with Crippen molar-refractivity contribution in [2.24, 2.45) is 0 Å². The summed E-state index contributed by atoms with van der Waals surface area (Å²) in [5, 5.41) is 7.80. The van der Waals surface area contributed by atoms with Crippen LogP contribution in [0.2, 0.25) is 0 Å². The summed E-state index contributed by atoms with van der Waals surface area (Å²) in [6.07, 6.45) is 8.35. The predicted molar refractivity (Wildman–Crippen MR) is 99.8 cm³/mol. The van der Waals surface area contributed by atoms with E-state index < -0.39 is 0 Å². The Labute approximate surface area is 150 Å². The number of benzene rings is 1. The van der Waals surface area contributed by atoms with Crippen molar-refractivity contribution in [1.82, 2.24) is 20.0 Å². The molecule has 1 aromatic heterocycles. The maximum absolute atomic E-state index is 12.8. The molecule has 0 atom stereocenters. The molecule has 1 aromatic carbocycles. The standard InChI is InChI=1S/C20H28N4O/c1-2-14-23(18-10-12-21-13-11-18)20(25)9-8-17-15-22-24(16-17)19-6-4-3-5-7-19/h3-7,15-16,18,21H,2,8-14H2,1H3. The van der Waals surface area contributed by atoms with Gasteiger partial charge < -0.3 is 10.2 Å². The van der Waals surface area contributed by atoms with E-state index in [1.807, 2.05) is 47.4 Å². The minimum absolute atomic E-state index is 0.279. The number of carbonyl (C=O) groups excluding carboxylic acids is 1. The molecular formula is C20H28N4O. The molecule has 0 radical (unpaired) electrons. The van der Waals surface area contributed by atoms with E-state index in [2.05, 4.69) is 22.2 Å². The highest BCUT2D eigenvalue weighted by atomic mass is 16.2. The Morgan fingerprint density at radius 2 is 2.04 bits per heavy atom. The van der Waals surface area contributed by atoms with Crippen molar-refractivity contribution in [2.45, 2.75) is 45.1 Å². The number of nitrogens with one attached hydrogen (secondary N) is 1. The molecule has 0 saturated carbocycles. The van der Waals surface area contributed by atoms with Crippen molar-refractivity contribution in [3.63, 3.8) is 0 Å². The maximum atomic E-state index is 12.8. The van der Waals surface area contributed by atoms with E-state index in [4.69, 9.17) is 0 Å². The highest BCUT2D eigenvalue weighted by molar-refractivity contribution is 5.76. The molecule has 1 aliphatic heterocycles. The molecule has 0 aliphatic carbocycles. The van der Waals surface area contributed by atoms with Crippen LogP contribution >= 0.6 is 0 Å². The van der Waals surface area contributed by atoms with E-state index in [1.165, 1.54) is 0 Å². The number of hydrogen-bond acceptors (Lipinski definition) is 3. The predicted octanol–water partition coefficient (Wildman–Crippen LogP) is 2.80. The zero-order valence-corrected chi connectivity index (χ0v) is 15.0. The summed E-state index contributed by atoms with van der Waals surface area (Å²) in [6, 6.07) is 10.5. The van der Waals surface area contributed by atoms with Crippen LogP contribution in [0.5, 0.6) is 0 Å². The van der Waals surface area contributed by atoms with E-state index in [9.17, 15) is 4.79 Å². The van der Waals surface area contributed by atoms with Crippen LogP contribution in [0.4, 0.5) is 0 Å². The number of piperidine rings is 1. The van der Waals surface area contributed by atoms with E-state index in [0.29, 0.717) is 12.5 Å².